The first-order chi connectivity index (χ1) is 19.2. The fourth-order valence-electron chi connectivity index (χ4n) is 5.53. The molecule has 40 heavy (non-hydrogen) atoms. The van der Waals surface area contributed by atoms with E-state index in [9.17, 15) is 18.8 Å². The van der Waals surface area contributed by atoms with Crippen LogP contribution in [0.2, 0.25) is 0 Å². The Morgan fingerprint density at radius 2 is 1.77 bits per heavy atom. The summed E-state index contributed by atoms with van der Waals surface area (Å²) in [5, 5.41) is 9.46. The fourth-order valence-corrected chi connectivity index (χ4v) is 5.53. The van der Waals surface area contributed by atoms with Crippen molar-refractivity contribution < 1.29 is 8.78 Å². The highest BCUT2D eigenvalue weighted by atomic mass is 19.1. The molecule has 3 aromatic heterocycles. The predicted octanol–water partition coefficient (Wildman–Crippen LogP) is 4.84. The van der Waals surface area contributed by atoms with Crippen molar-refractivity contribution >= 4 is 16.9 Å². The van der Waals surface area contributed by atoms with Crippen LogP contribution in [-0.4, -0.2) is 49.6 Å². The Balaban J connectivity index is 1.59. The monoisotopic (exact) mass is 543 g/mol. The van der Waals surface area contributed by atoms with Crippen LogP contribution in [0.5, 0.6) is 0 Å². The number of benzene rings is 1. The van der Waals surface area contributed by atoms with E-state index in [2.05, 4.69) is 37.7 Å². The van der Waals surface area contributed by atoms with E-state index in [1.54, 1.807) is 43.4 Å². The topological polar surface area (TPSA) is 90.9 Å². The average molecular weight is 544 g/mol. The second-order valence-corrected chi connectivity index (χ2v) is 10.3. The van der Waals surface area contributed by atoms with Crippen molar-refractivity contribution in [3.8, 4) is 6.07 Å². The quantitative estimate of drug-likeness (QED) is 0.344. The molecule has 0 N–H and O–H groups in total. The third-order valence-electron chi connectivity index (χ3n) is 7.67. The molecule has 1 saturated heterocycles. The molecule has 0 aliphatic carbocycles. The summed E-state index contributed by atoms with van der Waals surface area (Å²) in [4.78, 5) is 30.8. The van der Waals surface area contributed by atoms with E-state index >= 15 is 0 Å². The van der Waals surface area contributed by atoms with Gasteiger partial charge < -0.3 is 4.90 Å². The van der Waals surface area contributed by atoms with Gasteiger partial charge in [0, 0.05) is 32.2 Å². The van der Waals surface area contributed by atoms with Gasteiger partial charge in [0.05, 0.1) is 22.9 Å². The number of hydrogen-bond acceptors (Lipinski definition) is 7. The standard InChI is InChI=1S/C30H31F2N7O/c1-5-23-17-38(29-27-26(37(4)30(40)36-29)14-13-22(15-33)34-27)18(2)16-39(23)28(20-9-11-21(32)12-10-20)25-8-6-7-24(35-25)19(3)31/h6-14,18-19,23,28H,5,16-17H2,1-4H3/t18-,19?,23+,28?/m0/s1. The summed E-state index contributed by atoms with van der Waals surface area (Å²) in [7, 11) is 1.64. The fraction of sp³-hybridized carbons (Fsp3) is 0.367. The Morgan fingerprint density at radius 1 is 1.05 bits per heavy atom. The third-order valence-corrected chi connectivity index (χ3v) is 7.67. The largest absolute Gasteiger partial charge is 0.349 e. The molecule has 1 aromatic carbocycles. The van der Waals surface area contributed by atoms with Crippen LogP contribution in [0, 0.1) is 17.1 Å². The molecule has 0 saturated carbocycles. The van der Waals surface area contributed by atoms with E-state index in [1.165, 1.54) is 23.6 Å². The molecule has 0 spiro atoms. The van der Waals surface area contributed by atoms with E-state index in [4.69, 9.17) is 0 Å². The van der Waals surface area contributed by atoms with Gasteiger partial charge in [-0.1, -0.05) is 25.1 Å². The first-order valence-electron chi connectivity index (χ1n) is 13.4. The number of nitrogens with zero attached hydrogens (tertiary/aromatic N) is 7. The molecule has 0 amide bonds. The van der Waals surface area contributed by atoms with Gasteiger partial charge in [0.2, 0.25) is 0 Å². The molecule has 2 unspecified atom stereocenters. The molecule has 1 aliphatic rings. The highest BCUT2D eigenvalue weighted by molar-refractivity contribution is 5.86. The molecule has 4 aromatic rings. The van der Waals surface area contributed by atoms with Crippen molar-refractivity contribution in [3.05, 3.63) is 93.5 Å². The van der Waals surface area contributed by atoms with Crippen LogP contribution < -0.4 is 10.6 Å². The zero-order chi connectivity index (χ0) is 28.6. The number of pyridine rings is 2. The molecular formula is C30H31F2N7O. The van der Waals surface area contributed by atoms with Crippen molar-refractivity contribution in [1.82, 2.24) is 24.4 Å². The normalized spacial score (nSPS) is 19.4. The van der Waals surface area contributed by atoms with Gasteiger partial charge in [-0.05, 0) is 62.2 Å². The Hall–Kier alpha value is -4.23. The summed E-state index contributed by atoms with van der Waals surface area (Å²) in [5.74, 6) is 0.116. The van der Waals surface area contributed by atoms with E-state index in [1.807, 2.05) is 13.0 Å². The lowest BCUT2D eigenvalue weighted by molar-refractivity contribution is 0.113. The Bertz CT molecular complexity index is 1630. The molecule has 4 atom stereocenters. The lowest BCUT2D eigenvalue weighted by Crippen LogP contribution is -2.59. The van der Waals surface area contributed by atoms with Gasteiger partial charge in [-0.25, -0.2) is 18.6 Å². The van der Waals surface area contributed by atoms with Crippen LogP contribution in [0.1, 0.15) is 62.1 Å². The smallest absolute Gasteiger partial charge is 0.349 e. The molecule has 8 nitrogen and oxygen atoms in total. The van der Waals surface area contributed by atoms with Gasteiger partial charge in [-0.15, -0.1) is 0 Å². The zero-order valence-electron chi connectivity index (χ0n) is 22.9. The maximum atomic E-state index is 14.3. The number of nitriles is 1. The Kier molecular flexibility index (Phi) is 7.59. The number of hydrogen-bond donors (Lipinski definition) is 0. The van der Waals surface area contributed by atoms with Crippen molar-refractivity contribution in [2.75, 3.05) is 18.0 Å². The molecule has 5 rings (SSSR count). The number of alkyl halides is 1. The second-order valence-electron chi connectivity index (χ2n) is 10.3. The average Bonchev–Trinajstić information content (AvgIpc) is 2.96. The van der Waals surface area contributed by atoms with Gasteiger partial charge >= 0.3 is 5.69 Å². The van der Waals surface area contributed by atoms with E-state index in [-0.39, 0.29) is 29.6 Å². The summed E-state index contributed by atoms with van der Waals surface area (Å²) in [6, 6.07) is 16.6. The summed E-state index contributed by atoms with van der Waals surface area (Å²) in [6.07, 6.45) is -0.461. The molecule has 1 fully saturated rings. The highest BCUT2D eigenvalue weighted by Gasteiger charge is 2.38. The van der Waals surface area contributed by atoms with Gasteiger partial charge in [-0.3, -0.25) is 14.5 Å². The minimum atomic E-state index is -1.22. The van der Waals surface area contributed by atoms with Crippen LogP contribution >= 0.6 is 0 Å². The third kappa shape index (κ3) is 5.05. The number of aryl methyl sites for hydroxylation is 1. The summed E-state index contributed by atoms with van der Waals surface area (Å²) in [6.45, 7) is 6.69. The first-order valence-corrected chi connectivity index (χ1v) is 13.4. The van der Waals surface area contributed by atoms with Crippen LogP contribution in [0.15, 0.2) is 59.4 Å². The lowest BCUT2D eigenvalue weighted by Gasteiger charge is -2.48. The number of anilines is 1. The SMILES string of the molecule is CC[C@@H]1CN(c2nc(=O)n(C)c3ccc(C#N)nc23)[C@@H](C)CN1C(c1ccc(F)cc1)c1cccc(C(C)F)n1. The second kappa shape index (κ2) is 11.1. The van der Waals surface area contributed by atoms with E-state index < -0.39 is 11.9 Å². The zero-order valence-corrected chi connectivity index (χ0v) is 22.9. The lowest BCUT2D eigenvalue weighted by atomic mass is 9.94. The molecular weight excluding hydrogens is 512 g/mol. The highest BCUT2D eigenvalue weighted by Crippen LogP contribution is 2.36. The van der Waals surface area contributed by atoms with Crippen LogP contribution in [-0.2, 0) is 7.05 Å². The van der Waals surface area contributed by atoms with Gasteiger partial charge in [-0.2, -0.15) is 10.2 Å². The van der Waals surface area contributed by atoms with Crippen molar-refractivity contribution in [1.29, 1.82) is 5.26 Å². The Morgan fingerprint density at radius 3 is 2.45 bits per heavy atom. The summed E-state index contributed by atoms with van der Waals surface area (Å²) >= 11 is 0. The number of rotatable bonds is 6. The maximum Gasteiger partial charge on any atom is 0.349 e. The number of halogens is 2. The number of piperazine rings is 1. The van der Waals surface area contributed by atoms with Crippen LogP contribution in [0.3, 0.4) is 0 Å². The molecule has 10 heteroatoms. The summed E-state index contributed by atoms with van der Waals surface area (Å²) < 4.78 is 29.6. The first kappa shape index (κ1) is 27.3. The van der Waals surface area contributed by atoms with Crippen LogP contribution in [0.4, 0.5) is 14.6 Å². The van der Waals surface area contributed by atoms with Gasteiger partial charge in [0.25, 0.3) is 0 Å². The van der Waals surface area contributed by atoms with Crippen LogP contribution in [0.25, 0.3) is 11.0 Å². The van der Waals surface area contributed by atoms with E-state index in [0.717, 1.165) is 12.0 Å². The predicted molar refractivity (Wildman–Crippen MR) is 149 cm³/mol. The molecule has 0 radical (unpaired) electrons. The number of aromatic nitrogens is 4. The summed E-state index contributed by atoms with van der Waals surface area (Å²) in [5.41, 5.74) is 2.83. The molecule has 206 valence electrons. The van der Waals surface area contributed by atoms with Crippen molar-refractivity contribution in [3.63, 3.8) is 0 Å². The van der Waals surface area contributed by atoms with Gasteiger partial charge in [0.15, 0.2) is 5.82 Å². The number of fused-ring (bicyclic) bond motifs is 1. The Labute approximate surface area is 231 Å². The molecule has 4 heterocycles. The van der Waals surface area contributed by atoms with Gasteiger partial charge in [0.1, 0.15) is 29.3 Å². The minimum absolute atomic E-state index is 0.0143. The minimum Gasteiger partial charge on any atom is -0.349 e. The maximum absolute atomic E-state index is 14.3. The molecule has 0 bridgehead atoms. The molecule has 1 aliphatic heterocycles. The van der Waals surface area contributed by atoms with Crippen molar-refractivity contribution in [2.45, 2.75) is 51.5 Å². The van der Waals surface area contributed by atoms with Crippen molar-refractivity contribution in [2.24, 2.45) is 7.05 Å². The van der Waals surface area contributed by atoms with E-state index in [0.29, 0.717) is 41.3 Å².